The molecule has 2 amide bonds. The average molecular weight is 345 g/mol. The predicted molar refractivity (Wildman–Crippen MR) is 96.3 cm³/mol. The molecule has 1 atom stereocenters. The minimum Gasteiger partial charge on any atom is -0.380 e. The number of para-hydroxylation sites is 1. The lowest BCUT2D eigenvalue weighted by molar-refractivity contribution is 0.185. The van der Waals surface area contributed by atoms with Crippen molar-refractivity contribution in [3.63, 3.8) is 0 Å². The van der Waals surface area contributed by atoms with Crippen molar-refractivity contribution in [1.82, 2.24) is 4.90 Å². The SMILES string of the molecule is COCc1ccccc1NC(=O)N1CCCC1c1ccccc1Cl. The van der Waals surface area contributed by atoms with E-state index in [1.165, 1.54) is 0 Å². The smallest absolute Gasteiger partial charge is 0.322 e. The summed E-state index contributed by atoms with van der Waals surface area (Å²) in [6.07, 6.45) is 1.90. The second kappa shape index (κ2) is 7.69. The van der Waals surface area contributed by atoms with Gasteiger partial charge in [0.2, 0.25) is 0 Å². The van der Waals surface area contributed by atoms with Crippen LogP contribution in [0.2, 0.25) is 5.02 Å². The predicted octanol–water partition coefficient (Wildman–Crippen LogP) is 4.86. The van der Waals surface area contributed by atoms with Crippen molar-refractivity contribution in [3.8, 4) is 0 Å². The Kier molecular flexibility index (Phi) is 5.38. The molecule has 0 spiro atoms. The Labute approximate surface area is 147 Å². The van der Waals surface area contributed by atoms with Crippen molar-refractivity contribution in [2.45, 2.75) is 25.5 Å². The number of urea groups is 1. The number of methoxy groups -OCH3 is 1. The van der Waals surface area contributed by atoms with Gasteiger partial charge in [0, 0.05) is 29.9 Å². The molecule has 1 heterocycles. The topological polar surface area (TPSA) is 41.6 Å². The number of hydrogen-bond donors (Lipinski definition) is 1. The molecule has 0 aromatic heterocycles. The normalized spacial score (nSPS) is 17.1. The maximum Gasteiger partial charge on any atom is 0.322 e. The molecule has 2 aromatic rings. The van der Waals surface area contributed by atoms with E-state index in [1.807, 2.05) is 53.4 Å². The largest absolute Gasteiger partial charge is 0.380 e. The summed E-state index contributed by atoms with van der Waals surface area (Å²) in [4.78, 5) is 14.7. The fourth-order valence-electron chi connectivity index (χ4n) is 3.19. The molecule has 1 saturated heterocycles. The van der Waals surface area contributed by atoms with Crippen molar-refractivity contribution < 1.29 is 9.53 Å². The zero-order chi connectivity index (χ0) is 16.9. The van der Waals surface area contributed by atoms with E-state index >= 15 is 0 Å². The number of benzene rings is 2. The highest BCUT2D eigenvalue weighted by atomic mass is 35.5. The molecule has 0 aliphatic carbocycles. The maximum absolute atomic E-state index is 12.8. The standard InChI is InChI=1S/C19H21ClN2O2/c1-24-13-14-7-2-5-10-17(14)21-19(23)22-12-6-11-18(22)15-8-3-4-9-16(15)20/h2-5,7-10,18H,6,11-13H2,1H3,(H,21,23). The lowest BCUT2D eigenvalue weighted by Gasteiger charge is -2.26. The first kappa shape index (κ1) is 16.8. The van der Waals surface area contributed by atoms with Crippen LogP contribution in [0.15, 0.2) is 48.5 Å². The summed E-state index contributed by atoms with van der Waals surface area (Å²) in [5.41, 5.74) is 2.76. The van der Waals surface area contributed by atoms with Crippen molar-refractivity contribution >= 4 is 23.3 Å². The number of nitrogens with zero attached hydrogens (tertiary/aromatic N) is 1. The Morgan fingerprint density at radius 2 is 2.00 bits per heavy atom. The van der Waals surface area contributed by atoms with Crippen LogP contribution >= 0.6 is 11.6 Å². The van der Waals surface area contributed by atoms with Gasteiger partial charge in [-0.1, -0.05) is 48.0 Å². The van der Waals surface area contributed by atoms with E-state index in [-0.39, 0.29) is 12.1 Å². The third-order valence-electron chi connectivity index (χ3n) is 4.34. The Bertz CT molecular complexity index is 720. The lowest BCUT2D eigenvalue weighted by Crippen LogP contribution is -2.34. The molecule has 2 aromatic carbocycles. The fraction of sp³-hybridized carbons (Fsp3) is 0.316. The number of carbonyl (C=O) groups is 1. The van der Waals surface area contributed by atoms with Gasteiger partial charge in [-0.05, 0) is 30.5 Å². The van der Waals surface area contributed by atoms with Gasteiger partial charge >= 0.3 is 6.03 Å². The molecule has 3 rings (SSSR count). The van der Waals surface area contributed by atoms with Gasteiger partial charge in [0.15, 0.2) is 0 Å². The van der Waals surface area contributed by atoms with E-state index in [1.54, 1.807) is 7.11 Å². The molecule has 0 bridgehead atoms. The number of likely N-dealkylation sites (tertiary alicyclic amines) is 1. The van der Waals surface area contributed by atoms with Gasteiger partial charge in [-0.25, -0.2) is 4.79 Å². The second-order valence-corrected chi connectivity index (χ2v) is 6.30. The molecule has 0 radical (unpaired) electrons. The van der Waals surface area contributed by atoms with Crippen molar-refractivity contribution in [3.05, 3.63) is 64.7 Å². The highest BCUT2D eigenvalue weighted by Crippen LogP contribution is 2.36. The Morgan fingerprint density at radius 3 is 2.79 bits per heavy atom. The van der Waals surface area contributed by atoms with Gasteiger partial charge in [0.05, 0.1) is 12.6 Å². The molecule has 1 fully saturated rings. The van der Waals surface area contributed by atoms with Gasteiger partial charge < -0.3 is 15.0 Å². The summed E-state index contributed by atoms with van der Waals surface area (Å²) >= 11 is 6.33. The summed E-state index contributed by atoms with van der Waals surface area (Å²) < 4.78 is 5.20. The summed E-state index contributed by atoms with van der Waals surface area (Å²) in [6, 6.07) is 15.4. The highest BCUT2D eigenvalue weighted by molar-refractivity contribution is 6.31. The van der Waals surface area contributed by atoms with E-state index in [4.69, 9.17) is 16.3 Å². The number of rotatable bonds is 4. The van der Waals surface area contributed by atoms with Crippen LogP contribution in [0.3, 0.4) is 0 Å². The molecule has 1 unspecified atom stereocenters. The molecular formula is C19H21ClN2O2. The summed E-state index contributed by atoms with van der Waals surface area (Å²) in [5.74, 6) is 0. The van der Waals surface area contributed by atoms with E-state index in [9.17, 15) is 4.79 Å². The van der Waals surface area contributed by atoms with Crippen LogP contribution in [0.25, 0.3) is 0 Å². The van der Waals surface area contributed by atoms with E-state index in [0.29, 0.717) is 11.6 Å². The van der Waals surface area contributed by atoms with Crippen LogP contribution in [-0.4, -0.2) is 24.6 Å². The lowest BCUT2D eigenvalue weighted by atomic mass is 10.0. The first-order valence-electron chi connectivity index (χ1n) is 8.09. The van der Waals surface area contributed by atoms with Gasteiger partial charge in [-0.2, -0.15) is 0 Å². The number of anilines is 1. The zero-order valence-electron chi connectivity index (χ0n) is 13.7. The van der Waals surface area contributed by atoms with E-state index < -0.39 is 0 Å². The van der Waals surface area contributed by atoms with Crippen LogP contribution < -0.4 is 5.32 Å². The van der Waals surface area contributed by atoms with Gasteiger partial charge in [-0.15, -0.1) is 0 Å². The maximum atomic E-state index is 12.8. The van der Waals surface area contributed by atoms with Crippen LogP contribution in [0.5, 0.6) is 0 Å². The monoisotopic (exact) mass is 344 g/mol. The molecule has 126 valence electrons. The Hall–Kier alpha value is -2.04. The number of amides is 2. The number of ether oxygens (including phenoxy) is 1. The van der Waals surface area contributed by atoms with Crippen molar-refractivity contribution in [2.75, 3.05) is 19.0 Å². The van der Waals surface area contributed by atoms with Crippen LogP contribution in [0, 0.1) is 0 Å². The summed E-state index contributed by atoms with van der Waals surface area (Å²) in [6.45, 7) is 1.19. The number of carbonyl (C=O) groups excluding carboxylic acids is 1. The Balaban J connectivity index is 1.78. The molecule has 1 N–H and O–H groups in total. The molecular weight excluding hydrogens is 324 g/mol. The Morgan fingerprint density at radius 1 is 1.25 bits per heavy atom. The van der Waals surface area contributed by atoms with Crippen molar-refractivity contribution in [1.29, 1.82) is 0 Å². The second-order valence-electron chi connectivity index (χ2n) is 5.89. The minimum absolute atomic E-state index is 0.0216. The van der Waals surface area contributed by atoms with Gasteiger partial charge in [0.25, 0.3) is 0 Å². The molecule has 0 saturated carbocycles. The highest BCUT2D eigenvalue weighted by Gasteiger charge is 2.31. The average Bonchev–Trinajstić information content (AvgIpc) is 3.07. The van der Waals surface area contributed by atoms with E-state index in [2.05, 4.69) is 5.32 Å². The zero-order valence-corrected chi connectivity index (χ0v) is 14.4. The van der Waals surface area contributed by atoms with E-state index in [0.717, 1.165) is 36.2 Å². The number of hydrogen-bond acceptors (Lipinski definition) is 2. The minimum atomic E-state index is -0.0963. The third-order valence-corrected chi connectivity index (χ3v) is 4.68. The number of nitrogens with one attached hydrogen (secondary N) is 1. The van der Waals surface area contributed by atoms with Crippen LogP contribution in [0.1, 0.15) is 30.0 Å². The van der Waals surface area contributed by atoms with Gasteiger partial charge in [-0.3, -0.25) is 0 Å². The number of halogens is 1. The van der Waals surface area contributed by atoms with Crippen LogP contribution in [0.4, 0.5) is 10.5 Å². The third kappa shape index (κ3) is 3.55. The molecule has 1 aliphatic heterocycles. The van der Waals surface area contributed by atoms with Crippen LogP contribution in [-0.2, 0) is 11.3 Å². The first-order valence-corrected chi connectivity index (χ1v) is 8.47. The van der Waals surface area contributed by atoms with Crippen molar-refractivity contribution in [2.24, 2.45) is 0 Å². The quantitative estimate of drug-likeness (QED) is 0.860. The molecule has 24 heavy (non-hydrogen) atoms. The fourth-order valence-corrected chi connectivity index (χ4v) is 3.45. The molecule has 1 aliphatic rings. The summed E-state index contributed by atoms with van der Waals surface area (Å²) in [7, 11) is 1.65. The van der Waals surface area contributed by atoms with Gasteiger partial charge in [0.1, 0.15) is 0 Å². The first-order chi connectivity index (χ1) is 11.7. The molecule has 5 heteroatoms. The summed E-state index contributed by atoms with van der Waals surface area (Å²) in [5, 5.41) is 3.73. The molecule has 4 nitrogen and oxygen atoms in total.